The fourth-order valence-electron chi connectivity index (χ4n) is 2.12. The van der Waals surface area contributed by atoms with Crippen LogP contribution in [0.5, 0.6) is 0 Å². The van der Waals surface area contributed by atoms with Gasteiger partial charge >= 0.3 is 0 Å². The number of rotatable bonds is 3. The van der Waals surface area contributed by atoms with Gasteiger partial charge in [0, 0.05) is 0 Å². The van der Waals surface area contributed by atoms with Gasteiger partial charge in [-0.25, -0.2) is 0 Å². The van der Waals surface area contributed by atoms with E-state index in [0.29, 0.717) is 5.54 Å². The Labute approximate surface area is 70.8 Å². The Hall–Kier alpha value is 0.177. The van der Waals surface area contributed by atoms with Crippen molar-refractivity contribution in [2.24, 2.45) is 0 Å². The zero-order valence-corrected chi connectivity index (χ0v) is 9.15. The normalized spacial score (nSPS) is 37.4. The van der Waals surface area contributed by atoms with Gasteiger partial charge in [0.1, 0.15) is 0 Å². The second kappa shape index (κ2) is 2.59. The molecule has 2 atom stereocenters. The zero-order valence-electron chi connectivity index (χ0n) is 8.15. The molecule has 0 aliphatic heterocycles. The van der Waals surface area contributed by atoms with Crippen LogP contribution in [0.2, 0.25) is 25.2 Å². The van der Waals surface area contributed by atoms with Gasteiger partial charge in [0.15, 0.2) is 0 Å². The first-order chi connectivity index (χ1) is 4.90. The minimum Gasteiger partial charge on any atom is -0.390 e. The van der Waals surface area contributed by atoms with Crippen LogP contribution in [0.25, 0.3) is 0 Å². The van der Waals surface area contributed by atoms with Crippen LogP contribution in [0.3, 0.4) is 0 Å². The monoisotopic (exact) mass is 172 g/mol. The molecule has 1 saturated carbocycles. The Morgan fingerprint density at radius 3 is 2.27 bits per heavy atom. The summed E-state index contributed by atoms with van der Waals surface area (Å²) >= 11 is 0. The van der Waals surface area contributed by atoms with E-state index < -0.39 is 8.07 Å². The van der Waals surface area contributed by atoms with Crippen molar-refractivity contribution in [1.82, 2.24) is 0 Å². The quantitative estimate of drug-likeness (QED) is 0.649. The van der Waals surface area contributed by atoms with E-state index in [1.54, 1.807) is 0 Å². The summed E-state index contributed by atoms with van der Waals surface area (Å²) < 4.78 is 0. The van der Waals surface area contributed by atoms with Crippen molar-refractivity contribution in [1.29, 1.82) is 0 Å². The maximum atomic E-state index is 9.96. The minimum absolute atomic E-state index is 0.237. The molecule has 0 spiro atoms. The lowest BCUT2D eigenvalue weighted by Crippen LogP contribution is -2.26. The third-order valence-corrected chi connectivity index (χ3v) is 5.61. The molecule has 0 saturated heterocycles. The predicted molar refractivity (Wildman–Crippen MR) is 51.6 cm³/mol. The van der Waals surface area contributed by atoms with Gasteiger partial charge in [-0.3, -0.25) is 0 Å². The lowest BCUT2D eigenvalue weighted by molar-refractivity contribution is 0.138. The Morgan fingerprint density at radius 1 is 1.45 bits per heavy atom. The molecular formula is C9H20OSi. The highest BCUT2D eigenvalue weighted by Crippen LogP contribution is 2.57. The molecule has 1 nitrogen and oxygen atoms in total. The van der Waals surface area contributed by atoms with E-state index in [0.717, 1.165) is 19.3 Å². The van der Waals surface area contributed by atoms with Gasteiger partial charge in [0.2, 0.25) is 0 Å². The molecule has 1 aliphatic carbocycles. The SMILES string of the molecule is CCC[C@]1(O)C[C@@H]1[Si](C)(C)C. The lowest BCUT2D eigenvalue weighted by atomic mass is 10.2. The van der Waals surface area contributed by atoms with Crippen molar-refractivity contribution in [2.75, 3.05) is 0 Å². The van der Waals surface area contributed by atoms with Crippen molar-refractivity contribution < 1.29 is 5.11 Å². The lowest BCUT2D eigenvalue weighted by Gasteiger charge is -2.18. The summed E-state index contributed by atoms with van der Waals surface area (Å²) in [6.07, 6.45) is 3.22. The maximum absolute atomic E-state index is 9.96. The zero-order chi connectivity index (χ0) is 8.70. The molecule has 11 heavy (non-hydrogen) atoms. The molecule has 0 heterocycles. The second-order valence-electron chi connectivity index (χ2n) is 4.98. The second-order valence-corrected chi connectivity index (χ2v) is 10.4. The summed E-state index contributed by atoms with van der Waals surface area (Å²) in [4.78, 5) is 0. The number of aliphatic hydroxyl groups is 1. The molecule has 0 aromatic carbocycles. The molecule has 0 bridgehead atoms. The van der Waals surface area contributed by atoms with Crippen LogP contribution in [-0.4, -0.2) is 18.8 Å². The molecule has 2 heteroatoms. The predicted octanol–water partition coefficient (Wildman–Crippen LogP) is 2.63. The Kier molecular flexibility index (Phi) is 2.19. The fraction of sp³-hybridized carbons (Fsp3) is 1.00. The standard InChI is InChI=1S/C9H20OSi/c1-5-6-9(10)7-8(9)11(2,3)4/h8,10H,5-7H2,1-4H3/t8-,9-/m0/s1. The van der Waals surface area contributed by atoms with Crippen molar-refractivity contribution in [3.63, 3.8) is 0 Å². The Morgan fingerprint density at radius 2 is 2.00 bits per heavy atom. The molecule has 66 valence electrons. The summed E-state index contributed by atoms with van der Waals surface area (Å²) in [6, 6.07) is 0. The average Bonchev–Trinajstić information content (AvgIpc) is 2.41. The van der Waals surface area contributed by atoms with Gasteiger partial charge in [-0.1, -0.05) is 33.0 Å². The molecule has 0 radical (unpaired) electrons. The highest BCUT2D eigenvalue weighted by molar-refractivity contribution is 6.78. The number of hydrogen-bond acceptors (Lipinski definition) is 1. The topological polar surface area (TPSA) is 20.2 Å². The van der Waals surface area contributed by atoms with E-state index in [1.165, 1.54) is 0 Å². The van der Waals surface area contributed by atoms with Gasteiger partial charge in [-0.15, -0.1) is 0 Å². The molecule has 0 aromatic rings. The molecule has 0 unspecified atom stereocenters. The summed E-state index contributed by atoms with van der Waals surface area (Å²) in [5.74, 6) is 0. The van der Waals surface area contributed by atoms with Gasteiger partial charge in [-0.05, 0) is 18.4 Å². The fourth-order valence-corrected chi connectivity index (χ4v) is 4.84. The van der Waals surface area contributed by atoms with Crippen LogP contribution in [0.4, 0.5) is 0 Å². The first-order valence-corrected chi connectivity index (χ1v) is 8.20. The first-order valence-electron chi connectivity index (χ1n) is 4.62. The van der Waals surface area contributed by atoms with Gasteiger partial charge in [-0.2, -0.15) is 0 Å². The van der Waals surface area contributed by atoms with Crippen LogP contribution >= 0.6 is 0 Å². The van der Waals surface area contributed by atoms with E-state index in [9.17, 15) is 5.11 Å². The maximum Gasteiger partial charge on any atom is 0.0654 e. The molecule has 1 fully saturated rings. The summed E-state index contributed by atoms with van der Waals surface area (Å²) in [7, 11) is -1.05. The van der Waals surface area contributed by atoms with Crippen molar-refractivity contribution in [3.05, 3.63) is 0 Å². The minimum atomic E-state index is -1.05. The van der Waals surface area contributed by atoms with Crippen LogP contribution < -0.4 is 0 Å². The summed E-state index contributed by atoms with van der Waals surface area (Å²) in [5.41, 5.74) is 0.439. The van der Waals surface area contributed by atoms with Crippen LogP contribution in [0.15, 0.2) is 0 Å². The van der Waals surface area contributed by atoms with Crippen LogP contribution in [0, 0.1) is 0 Å². The van der Waals surface area contributed by atoms with E-state index >= 15 is 0 Å². The van der Waals surface area contributed by atoms with Gasteiger partial charge < -0.3 is 5.11 Å². The highest BCUT2D eigenvalue weighted by atomic mass is 28.3. The van der Waals surface area contributed by atoms with Gasteiger partial charge in [0.05, 0.1) is 13.7 Å². The van der Waals surface area contributed by atoms with E-state index in [2.05, 4.69) is 26.6 Å². The van der Waals surface area contributed by atoms with E-state index in [-0.39, 0.29) is 5.60 Å². The van der Waals surface area contributed by atoms with E-state index in [1.807, 2.05) is 0 Å². The largest absolute Gasteiger partial charge is 0.390 e. The smallest absolute Gasteiger partial charge is 0.0654 e. The van der Waals surface area contributed by atoms with Crippen molar-refractivity contribution in [3.8, 4) is 0 Å². The van der Waals surface area contributed by atoms with E-state index in [4.69, 9.17) is 0 Å². The molecular weight excluding hydrogens is 152 g/mol. The summed E-state index contributed by atoms with van der Waals surface area (Å²) in [6.45, 7) is 9.21. The molecule has 1 rings (SSSR count). The third-order valence-electron chi connectivity index (χ3n) is 2.77. The molecule has 1 aliphatic rings. The average molecular weight is 172 g/mol. The van der Waals surface area contributed by atoms with Crippen LogP contribution in [0.1, 0.15) is 26.2 Å². The summed E-state index contributed by atoms with van der Waals surface area (Å²) in [5, 5.41) is 9.96. The molecule has 1 N–H and O–H groups in total. The Bertz CT molecular complexity index is 150. The molecule has 0 aromatic heterocycles. The van der Waals surface area contributed by atoms with Crippen molar-refractivity contribution in [2.45, 2.75) is 57.0 Å². The third kappa shape index (κ3) is 1.85. The first kappa shape index (κ1) is 9.27. The highest BCUT2D eigenvalue weighted by Gasteiger charge is 2.57. The van der Waals surface area contributed by atoms with Crippen LogP contribution in [-0.2, 0) is 0 Å². The Balaban J connectivity index is 2.46. The number of hydrogen-bond donors (Lipinski definition) is 1. The van der Waals surface area contributed by atoms with Gasteiger partial charge in [0.25, 0.3) is 0 Å². The molecule has 0 amide bonds. The van der Waals surface area contributed by atoms with Crippen molar-refractivity contribution >= 4 is 8.07 Å².